The fraction of sp³-hybridized carbons (Fsp3) is 0.389. The molecule has 1 N–H and O–H groups in total. The third-order valence-electron chi connectivity index (χ3n) is 4.79. The Balaban J connectivity index is 1.44. The zero-order chi connectivity index (χ0) is 18.3. The zero-order valence-electron chi connectivity index (χ0n) is 14.2. The smallest absolute Gasteiger partial charge is 0.308 e. The van der Waals surface area contributed by atoms with Crippen LogP contribution in [0.1, 0.15) is 12.6 Å². The summed E-state index contributed by atoms with van der Waals surface area (Å²) in [4.78, 5) is 29.9. The molecule has 4 rings (SSSR count). The van der Waals surface area contributed by atoms with Gasteiger partial charge in [-0.2, -0.15) is 0 Å². The van der Waals surface area contributed by atoms with Crippen LogP contribution < -0.4 is 9.47 Å². The maximum atomic E-state index is 12.5. The van der Waals surface area contributed by atoms with Gasteiger partial charge < -0.3 is 19.5 Å². The summed E-state index contributed by atoms with van der Waals surface area (Å²) in [5.41, 5.74) is 1.61. The molecule has 1 aromatic carbocycles. The lowest BCUT2D eigenvalue weighted by molar-refractivity contribution is -0.142. The van der Waals surface area contributed by atoms with Gasteiger partial charge in [-0.3, -0.25) is 9.59 Å². The number of amides is 1. The molecule has 8 heteroatoms. The summed E-state index contributed by atoms with van der Waals surface area (Å²) >= 11 is 1.47. The lowest BCUT2D eigenvalue weighted by Gasteiger charge is -2.14. The van der Waals surface area contributed by atoms with Crippen molar-refractivity contribution in [2.45, 2.75) is 13.3 Å². The first-order chi connectivity index (χ1) is 12.5. The molecule has 26 heavy (non-hydrogen) atoms. The zero-order valence-corrected chi connectivity index (χ0v) is 15.0. The number of carboxylic acids is 1. The normalized spacial score (nSPS) is 21.2. The number of aromatic nitrogens is 1. The Morgan fingerprint density at radius 2 is 2.12 bits per heavy atom. The third-order valence-corrected chi connectivity index (χ3v) is 5.73. The number of likely N-dealkylation sites (tertiary alicyclic amines) is 1. The lowest BCUT2D eigenvalue weighted by Crippen LogP contribution is -2.31. The molecule has 0 radical (unpaired) electrons. The minimum atomic E-state index is -0.841. The number of ether oxygens (including phenoxy) is 2. The molecule has 1 fully saturated rings. The standard InChI is InChI=1S/C18H18N2O5S/c1-10-6-20(7-13(10)18(22)23)16(21)5-12-8-26-17(19-12)11-2-3-14-15(4-11)25-9-24-14/h2-4,8,10,13H,5-7,9H2,1H3,(H,22,23)/t10-,13-/m1/s1. The number of carbonyl (C=O) groups excluding carboxylic acids is 1. The summed E-state index contributed by atoms with van der Waals surface area (Å²) in [6.07, 6.45) is 0.181. The van der Waals surface area contributed by atoms with Crippen molar-refractivity contribution < 1.29 is 24.2 Å². The van der Waals surface area contributed by atoms with Gasteiger partial charge in [-0.15, -0.1) is 11.3 Å². The number of nitrogens with zero attached hydrogens (tertiary/aromatic N) is 2. The van der Waals surface area contributed by atoms with Crippen LogP contribution in [0.2, 0.25) is 0 Å². The van der Waals surface area contributed by atoms with E-state index >= 15 is 0 Å². The van der Waals surface area contributed by atoms with Crippen LogP contribution in [-0.4, -0.2) is 46.7 Å². The molecule has 0 aliphatic carbocycles. The van der Waals surface area contributed by atoms with E-state index < -0.39 is 11.9 Å². The van der Waals surface area contributed by atoms with E-state index in [0.29, 0.717) is 18.0 Å². The van der Waals surface area contributed by atoms with Gasteiger partial charge in [0.25, 0.3) is 0 Å². The number of aliphatic carboxylic acids is 1. The third kappa shape index (κ3) is 3.12. The monoisotopic (exact) mass is 374 g/mol. The summed E-state index contributed by atoms with van der Waals surface area (Å²) < 4.78 is 10.7. The number of hydrogen-bond donors (Lipinski definition) is 1. The summed E-state index contributed by atoms with van der Waals surface area (Å²) in [5.74, 6) is -0.0257. The van der Waals surface area contributed by atoms with Crippen LogP contribution in [-0.2, 0) is 16.0 Å². The number of carbonyl (C=O) groups is 2. The maximum Gasteiger partial charge on any atom is 0.308 e. The molecular formula is C18H18N2O5S. The first-order valence-corrected chi connectivity index (χ1v) is 9.24. The number of thiazole rings is 1. The van der Waals surface area contributed by atoms with Gasteiger partial charge in [-0.25, -0.2) is 4.98 Å². The molecule has 2 aliphatic heterocycles. The molecule has 2 aromatic rings. The average molecular weight is 374 g/mol. The highest BCUT2D eigenvalue weighted by atomic mass is 32.1. The number of hydrogen-bond acceptors (Lipinski definition) is 6. The van der Waals surface area contributed by atoms with Crippen molar-refractivity contribution in [1.82, 2.24) is 9.88 Å². The fourth-order valence-electron chi connectivity index (χ4n) is 3.31. The number of rotatable bonds is 4. The number of fused-ring (bicyclic) bond motifs is 1. The second-order valence-corrected chi connectivity index (χ2v) is 7.47. The fourth-order valence-corrected chi connectivity index (χ4v) is 4.13. The Morgan fingerprint density at radius 3 is 2.88 bits per heavy atom. The van der Waals surface area contributed by atoms with Crippen LogP contribution in [0.15, 0.2) is 23.6 Å². The molecule has 1 aromatic heterocycles. The number of benzene rings is 1. The lowest BCUT2D eigenvalue weighted by atomic mass is 9.99. The summed E-state index contributed by atoms with van der Waals surface area (Å²) in [6.45, 7) is 2.85. The molecule has 7 nitrogen and oxygen atoms in total. The molecule has 136 valence electrons. The Hall–Kier alpha value is -2.61. The Labute approximate surface area is 154 Å². The van der Waals surface area contributed by atoms with Gasteiger partial charge in [-0.1, -0.05) is 6.92 Å². The minimum absolute atomic E-state index is 0.0314. The van der Waals surface area contributed by atoms with Gasteiger partial charge >= 0.3 is 5.97 Å². The molecule has 1 amide bonds. The molecule has 0 unspecified atom stereocenters. The second-order valence-electron chi connectivity index (χ2n) is 6.61. The van der Waals surface area contributed by atoms with Crippen LogP contribution in [0.3, 0.4) is 0 Å². The highest BCUT2D eigenvalue weighted by Crippen LogP contribution is 2.36. The van der Waals surface area contributed by atoms with Gasteiger partial charge in [0, 0.05) is 24.0 Å². The van der Waals surface area contributed by atoms with Crippen LogP contribution >= 0.6 is 11.3 Å². The van der Waals surface area contributed by atoms with Crippen LogP contribution in [0, 0.1) is 11.8 Å². The predicted octanol–water partition coefficient (Wildman–Crippen LogP) is 2.26. The Bertz CT molecular complexity index is 865. The molecule has 3 heterocycles. The minimum Gasteiger partial charge on any atom is -0.481 e. The highest BCUT2D eigenvalue weighted by molar-refractivity contribution is 7.13. The van der Waals surface area contributed by atoms with Crippen molar-refractivity contribution in [3.63, 3.8) is 0 Å². The van der Waals surface area contributed by atoms with E-state index in [9.17, 15) is 14.7 Å². The molecule has 0 spiro atoms. The van der Waals surface area contributed by atoms with Gasteiger partial charge in [-0.05, 0) is 24.1 Å². The van der Waals surface area contributed by atoms with E-state index in [-0.39, 0.29) is 31.6 Å². The van der Waals surface area contributed by atoms with Gasteiger partial charge in [0.15, 0.2) is 11.5 Å². The topological polar surface area (TPSA) is 89.0 Å². The van der Waals surface area contributed by atoms with Gasteiger partial charge in [0.2, 0.25) is 12.7 Å². The van der Waals surface area contributed by atoms with Crippen molar-refractivity contribution in [3.8, 4) is 22.1 Å². The van der Waals surface area contributed by atoms with Crippen molar-refractivity contribution in [2.24, 2.45) is 11.8 Å². The molecular weight excluding hydrogens is 356 g/mol. The summed E-state index contributed by atoms with van der Waals surface area (Å²) in [6, 6.07) is 5.64. The van der Waals surface area contributed by atoms with E-state index in [4.69, 9.17) is 9.47 Å². The Morgan fingerprint density at radius 1 is 1.31 bits per heavy atom. The first-order valence-electron chi connectivity index (χ1n) is 8.36. The first kappa shape index (κ1) is 16.8. The van der Waals surface area contributed by atoms with E-state index in [0.717, 1.165) is 16.3 Å². The van der Waals surface area contributed by atoms with Crippen molar-refractivity contribution in [2.75, 3.05) is 19.9 Å². The quantitative estimate of drug-likeness (QED) is 0.883. The SMILES string of the molecule is C[C@@H]1CN(C(=O)Cc2csc(-c3ccc4c(c3)OCO4)n2)C[C@H]1C(=O)O. The van der Waals surface area contributed by atoms with Gasteiger partial charge in [0.05, 0.1) is 18.0 Å². The summed E-state index contributed by atoms with van der Waals surface area (Å²) in [7, 11) is 0. The van der Waals surface area contributed by atoms with Crippen LogP contribution in [0.25, 0.3) is 10.6 Å². The van der Waals surface area contributed by atoms with Crippen molar-refractivity contribution in [3.05, 3.63) is 29.3 Å². The summed E-state index contributed by atoms with van der Waals surface area (Å²) in [5, 5.41) is 11.9. The van der Waals surface area contributed by atoms with Gasteiger partial charge in [0.1, 0.15) is 5.01 Å². The highest BCUT2D eigenvalue weighted by Gasteiger charge is 2.36. The largest absolute Gasteiger partial charge is 0.481 e. The maximum absolute atomic E-state index is 12.5. The molecule has 0 bridgehead atoms. The molecule has 2 aliphatic rings. The van der Waals surface area contributed by atoms with Crippen molar-refractivity contribution >= 4 is 23.2 Å². The average Bonchev–Trinajstić information content (AvgIpc) is 3.32. The Kier molecular flexibility index (Phi) is 4.28. The van der Waals surface area contributed by atoms with Crippen LogP contribution in [0.5, 0.6) is 11.5 Å². The van der Waals surface area contributed by atoms with E-state index in [1.807, 2.05) is 30.5 Å². The molecule has 2 atom stereocenters. The van der Waals surface area contributed by atoms with Crippen molar-refractivity contribution in [1.29, 1.82) is 0 Å². The number of carboxylic acid groups (broad SMARTS) is 1. The molecule has 1 saturated heterocycles. The predicted molar refractivity (Wildman–Crippen MR) is 94.2 cm³/mol. The second kappa shape index (κ2) is 6.60. The van der Waals surface area contributed by atoms with E-state index in [1.165, 1.54) is 11.3 Å². The molecule has 0 saturated carbocycles. The van der Waals surface area contributed by atoms with E-state index in [1.54, 1.807) is 4.90 Å². The van der Waals surface area contributed by atoms with Crippen LogP contribution in [0.4, 0.5) is 0 Å². The van der Waals surface area contributed by atoms with E-state index in [2.05, 4.69) is 4.98 Å².